The molecular weight excluding hydrogens is 459 g/mol. The fourth-order valence-corrected chi connectivity index (χ4v) is 4.36. The first-order valence-corrected chi connectivity index (χ1v) is 10.7. The summed E-state index contributed by atoms with van der Waals surface area (Å²) in [6, 6.07) is 8.04. The number of fused-ring (bicyclic) bond motifs is 1. The average Bonchev–Trinajstić information content (AvgIpc) is 3.12. The number of nitrogens with zero attached hydrogens (tertiary/aromatic N) is 4. The van der Waals surface area contributed by atoms with E-state index in [2.05, 4.69) is 0 Å². The van der Waals surface area contributed by atoms with Crippen LogP contribution in [0.1, 0.15) is 27.9 Å². The Bertz CT molecular complexity index is 1120. The van der Waals surface area contributed by atoms with Crippen LogP contribution in [-0.2, 0) is 0 Å². The van der Waals surface area contributed by atoms with Crippen LogP contribution >= 0.6 is 35.3 Å². The number of aryl methyl sites for hydroxylation is 2. The molecule has 1 amide bonds. The third-order valence-electron chi connectivity index (χ3n) is 4.92. The van der Waals surface area contributed by atoms with Gasteiger partial charge in [0.2, 0.25) is 0 Å². The van der Waals surface area contributed by atoms with Gasteiger partial charge < -0.3 is 4.90 Å². The molecule has 0 aliphatic heterocycles. The van der Waals surface area contributed by atoms with Crippen LogP contribution in [0.25, 0.3) is 10.2 Å². The first-order chi connectivity index (χ1) is 14.2. The SMILES string of the molecule is Cc1ccc2sc(N(CCCN(C)C)C(=O)c3cc(Cl)ccc3[N+](=O)[O-])nc2c1C.Cl. The molecule has 7 nitrogen and oxygen atoms in total. The third-order valence-corrected chi connectivity index (χ3v) is 6.20. The van der Waals surface area contributed by atoms with Gasteiger partial charge in [-0.25, -0.2) is 4.98 Å². The maximum atomic E-state index is 13.4. The van der Waals surface area contributed by atoms with Gasteiger partial charge in [0.05, 0.1) is 15.1 Å². The Balaban J connectivity index is 0.00000341. The number of anilines is 1. The minimum atomic E-state index is -0.562. The predicted octanol–water partition coefficient (Wildman–Crippen LogP) is 5.50. The highest BCUT2D eigenvalue weighted by Crippen LogP contribution is 2.34. The van der Waals surface area contributed by atoms with Crippen molar-refractivity contribution in [3.8, 4) is 0 Å². The maximum absolute atomic E-state index is 13.4. The van der Waals surface area contributed by atoms with E-state index in [1.54, 1.807) is 0 Å². The van der Waals surface area contributed by atoms with E-state index in [4.69, 9.17) is 16.6 Å². The second kappa shape index (κ2) is 10.4. The second-order valence-corrected chi connectivity index (χ2v) is 8.83. The lowest BCUT2D eigenvalue weighted by atomic mass is 10.1. The van der Waals surface area contributed by atoms with Crippen LogP contribution in [-0.4, -0.2) is 47.9 Å². The van der Waals surface area contributed by atoms with Crippen molar-refractivity contribution in [2.75, 3.05) is 32.1 Å². The Kier molecular flexibility index (Phi) is 8.36. The molecule has 10 heteroatoms. The molecule has 0 saturated heterocycles. The molecule has 3 aromatic rings. The van der Waals surface area contributed by atoms with Gasteiger partial charge in [0.25, 0.3) is 11.6 Å². The van der Waals surface area contributed by atoms with Crippen LogP contribution < -0.4 is 4.90 Å². The van der Waals surface area contributed by atoms with Crippen molar-refractivity contribution < 1.29 is 9.72 Å². The Labute approximate surface area is 196 Å². The van der Waals surface area contributed by atoms with E-state index >= 15 is 0 Å². The zero-order valence-corrected chi connectivity index (χ0v) is 20.1. The Morgan fingerprint density at radius 2 is 1.90 bits per heavy atom. The van der Waals surface area contributed by atoms with Gasteiger partial charge in [0, 0.05) is 17.6 Å². The number of hydrogen-bond acceptors (Lipinski definition) is 6. The van der Waals surface area contributed by atoms with Crippen LogP contribution in [0.2, 0.25) is 5.02 Å². The number of nitro groups is 1. The van der Waals surface area contributed by atoms with E-state index in [1.807, 2.05) is 45.0 Å². The van der Waals surface area contributed by atoms with Crippen molar-refractivity contribution in [3.05, 3.63) is 62.2 Å². The number of hydrogen-bond donors (Lipinski definition) is 0. The molecule has 0 atom stereocenters. The molecule has 0 saturated carbocycles. The number of nitro benzene ring substituents is 1. The molecule has 0 bridgehead atoms. The largest absolute Gasteiger partial charge is 0.309 e. The van der Waals surface area contributed by atoms with E-state index in [1.165, 1.54) is 34.4 Å². The Morgan fingerprint density at radius 3 is 2.55 bits per heavy atom. The lowest BCUT2D eigenvalue weighted by Crippen LogP contribution is -2.33. The molecule has 0 fully saturated rings. The quantitative estimate of drug-likeness (QED) is 0.328. The van der Waals surface area contributed by atoms with Crippen molar-refractivity contribution in [2.24, 2.45) is 0 Å². The van der Waals surface area contributed by atoms with Crippen LogP contribution in [0, 0.1) is 24.0 Å². The zero-order chi connectivity index (χ0) is 22.0. The fraction of sp³-hybridized carbons (Fsp3) is 0.333. The lowest BCUT2D eigenvalue weighted by molar-refractivity contribution is -0.385. The van der Waals surface area contributed by atoms with E-state index in [0.717, 1.165) is 27.9 Å². The topological polar surface area (TPSA) is 79.6 Å². The van der Waals surface area contributed by atoms with Crippen LogP contribution in [0.15, 0.2) is 30.3 Å². The van der Waals surface area contributed by atoms with Gasteiger partial charge in [0.1, 0.15) is 5.56 Å². The molecule has 0 aliphatic rings. The predicted molar refractivity (Wildman–Crippen MR) is 129 cm³/mol. The molecule has 31 heavy (non-hydrogen) atoms. The summed E-state index contributed by atoms with van der Waals surface area (Å²) in [7, 11) is 3.91. The third kappa shape index (κ3) is 5.51. The minimum absolute atomic E-state index is 0. The lowest BCUT2D eigenvalue weighted by Gasteiger charge is -2.21. The highest BCUT2D eigenvalue weighted by atomic mass is 35.5. The molecule has 3 rings (SSSR count). The summed E-state index contributed by atoms with van der Waals surface area (Å²) in [5.74, 6) is -0.476. The number of amides is 1. The first kappa shape index (κ1) is 25.0. The van der Waals surface area contributed by atoms with Gasteiger partial charge in [-0.2, -0.15) is 0 Å². The summed E-state index contributed by atoms with van der Waals surface area (Å²) >= 11 is 7.46. The summed E-state index contributed by atoms with van der Waals surface area (Å²) in [4.78, 5) is 32.7. The minimum Gasteiger partial charge on any atom is -0.309 e. The molecule has 166 valence electrons. The van der Waals surface area contributed by atoms with Crippen molar-refractivity contribution in [1.82, 2.24) is 9.88 Å². The Hall–Kier alpha value is -2.26. The standard InChI is InChI=1S/C21H23ClN4O3S.ClH/c1-13-6-9-18-19(14(13)2)23-21(30-18)25(11-5-10-24(3)4)20(27)16-12-15(22)7-8-17(16)26(28)29;/h6-9,12H,5,10-11H2,1-4H3;1H. The molecule has 0 spiro atoms. The summed E-state index contributed by atoms with van der Waals surface area (Å²) in [5, 5.41) is 12.3. The highest BCUT2D eigenvalue weighted by molar-refractivity contribution is 7.22. The molecule has 0 N–H and O–H groups in total. The molecule has 0 radical (unpaired) electrons. The summed E-state index contributed by atoms with van der Waals surface area (Å²) in [5.41, 5.74) is 2.72. The van der Waals surface area contributed by atoms with Crippen molar-refractivity contribution in [3.63, 3.8) is 0 Å². The number of benzene rings is 2. The van der Waals surface area contributed by atoms with E-state index in [0.29, 0.717) is 18.1 Å². The van der Waals surface area contributed by atoms with Gasteiger partial charge in [-0.05, 0) is 70.2 Å². The van der Waals surface area contributed by atoms with Crippen molar-refractivity contribution in [1.29, 1.82) is 0 Å². The van der Waals surface area contributed by atoms with E-state index in [-0.39, 0.29) is 28.7 Å². The Morgan fingerprint density at radius 1 is 1.19 bits per heavy atom. The van der Waals surface area contributed by atoms with Crippen LogP contribution in [0.5, 0.6) is 0 Å². The van der Waals surface area contributed by atoms with Gasteiger partial charge >= 0.3 is 0 Å². The number of carbonyl (C=O) groups excluding carboxylic acids is 1. The summed E-state index contributed by atoms with van der Waals surface area (Å²) < 4.78 is 0.971. The monoisotopic (exact) mass is 482 g/mol. The number of carbonyl (C=O) groups is 1. The fourth-order valence-electron chi connectivity index (χ4n) is 3.14. The molecule has 1 heterocycles. The number of aromatic nitrogens is 1. The van der Waals surface area contributed by atoms with E-state index < -0.39 is 10.8 Å². The number of rotatable bonds is 7. The molecule has 1 aromatic heterocycles. The first-order valence-electron chi connectivity index (χ1n) is 9.46. The molecule has 0 aliphatic carbocycles. The van der Waals surface area contributed by atoms with Crippen LogP contribution in [0.3, 0.4) is 0 Å². The van der Waals surface area contributed by atoms with E-state index in [9.17, 15) is 14.9 Å². The van der Waals surface area contributed by atoms with Crippen molar-refractivity contribution >= 4 is 62.3 Å². The number of thiazole rings is 1. The summed E-state index contributed by atoms with van der Waals surface area (Å²) in [6.45, 7) is 5.17. The van der Waals surface area contributed by atoms with Crippen molar-refractivity contribution in [2.45, 2.75) is 20.3 Å². The molecular formula is C21H24Cl2N4O3S. The smallest absolute Gasteiger partial charge is 0.282 e. The zero-order valence-electron chi connectivity index (χ0n) is 17.7. The number of halogens is 2. The maximum Gasteiger partial charge on any atom is 0.282 e. The molecule has 2 aromatic carbocycles. The highest BCUT2D eigenvalue weighted by Gasteiger charge is 2.28. The van der Waals surface area contributed by atoms with Gasteiger partial charge in [-0.15, -0.1) is 12.4 Å². The molecule has 0 unspecified atom stereocenters. The normalized spacial score (nSPS) is 10.9. The van der Waals surface area contributed by atoms with Gasteiger partial charge in [-0.1, -0.05) is 29.0 Å². The van der Waals surface area contributed by atoms with Gasteiger partial charge in [-0.3, -0.25) is 19.8 Å². The van der Waals surface area contributed by atoms with Crippen LogP contribution in [0.4, 0.5) is 10.8 Å². The average molecular weight is 483 g/mol. The summed E-state index contributed by atoms with van der Waals surface area (Å²) in [6.07, 6.45) is 0.695. The van der Waals surface area contributed by atoms with Gasteiger partial charge in [0.15, 0.2) is 5.13 Å². The second-order valence-electron chi connectivity index (χ2n) is 7.38.